The maximum absolute atomic E-state index is 13.1. The molecule has 6 heteroatoms. The van der Waals surface area contributed by atoms with Crippen LogP contribution >= 0.6 is 24.0 Å². The second-order valence-corrected chi connectivity index (χ2v) is 9.49. The van der Waals surface area contributed by atoms with Crippen molar-refractivity contribution in [1.82, 2.24) is 4.90 Å². The van der Waals surface area contributed by atoms with Crippen LogP contribution in [0, 0.1) is 11.8 Å². The zero-order chi connectivity index (χ0) is 19.3. The molecule has 3 unspecified atom stereocenters. The molecule has 2 heterocycles. The quantitative estimate of drug-likeness (QED) is 0.577. The number of aliphatic hydroxyl groups excluding tert-OH is 1. The Hall–Kier alpha value is -1.89. The molecule has 1 saturated heterocycles. The lowest BCUT2D eigenvalue weighted by Crippen LogP contribution is -2.41. The highest BCUT2D eigenvalue weighted by molar-refractivity contribution is 8.26. The van der Waals surface area contributed by atoms with Gasteiger partial charge in [-0.25, -0.2) is 0 Å². The van der Waals surface area contributed by atoms with Crippen molar-refractivity contribution in [3.05, 3.63) is 52.6 Å². The first-order valence-corrected chi connectivity index (χ1v) is 10.9. The molecular weight excluding hydrogens is 390 g/mol. The Balaban J connectivity index is 1.44. The molecule has 3 atom stereocenters. The van der Waals surface area contributed by atoms with Gasteiger partial charge in [-0.2, -0.15) is 0 Å². The van der Waals surface area contributed by atoms with E-state index in [9.17, 15) is 9.90 Å². The zero-order valence-electron chi connectivity index (χ0n) is 15.3. The van der Waals surface area contributed by atoms with Gasteiger partial charge in [-0.05, 0) is 37.2 Å². The van der Waals surface area contributed by atoms with Gasteiger partial charge in [0.15, 0.2) is 0 Å². The molecule has 1 aromatic heterocycles. The fraction of sp³-hybridized carbons (Fsp3) is 0.364. The van der Waals surface area contributed by atoms with Gasteiger partial charge in [0.05, 0.1) is 11.5 Å². The summed E-state index contributed by atoms with van der Waals surface area (Å²) in [6.07, 6.45) is 6.54. The minimum absolute atomic E-state index is 0.0194. The molecule has 3 fully saturated rings. The summed E-state index contributed by atoms with van der Waals surface area (Å²) in [5.74, 6) is 2.53. The van der Waals surface area contributed by atoms with E-state index in [1.165, 1.54) is 31.0 Å². The minimum Gasteiger partial charge on any atom is -0.456 e. The van der Waals surface area contributed by atoms with Crippen molar-refractivity contribution >= 4 is 40.3 Å². The summed E-state index contributed by atoms with van der Waals surface area (Å²) >= 11 is 6.90. The smallest absolute Gasteiger partial charge is 0.266 e. The topological polar surface area (TPSA) is 53.7 Å². The van der Waals surface area contributed by atoms with Crippen LogP contribution in [0.1, 0.15) is 37.0 Å². The summed E-state index contributed by atoms with van der Waals surface area (Å²) in [5, 5.41) is 9.75. The number of carbonyl (C=O) groups is 1. The number of carbonyl (C=O) groups excluding carboxylic acids is 1. The molecular formula is C22H21NO3S2. The fourth-order valence-electron chi connectivity index (χ4n) is 4.85. The molecule has 1 N–H and O–H groups in total. The van der Waals surface area contributed by atoms with Crippen LogP contribution in [0.15, 0.2) is 45.7 Å². The van der Waals surface area contributed by atoms with E-state index in [2.05, 4.69) is 0 Å². The predicted octanol–water partition coefficient (Wildman–Crippen LogP) is 4.83. The number of rotatable bonds is 4. The molecule has 4 nitrogen and oxygen atoms in total. The van der Waals surface area contributed by atoms with E-state index in [4.69, 9.17) is 16.6 Å². The third kappa shape index (κ3) is 3.04. The molecule has 1 aromatic carbocycles. The van der Waals surface area contributed by atoms with Gasteiger partial charge in [-0.3, -0.25) is 9.69 Å². The van der Waals surface area contributed by atoms with Gasteiger partial charge < -0.3 is 9.52 Å². The molecule has 5 rings (SSSR count). The highest BCUT2D eigenvalue weighted by Crippen LogP contribution is 2.49. The first-order chi connectivity index (χ1) is 13.6. The Bertz CT molecular complexity index is 965. The lowest BCUT2D eigenvalue weighted by molar-refractivity contribution is -0.124. The number of nitrogens with zero attached hydrogens (tertiary/aromatic N) is 1. The molecule has 0 radical (unpaired) electrons. The second-order valence-electron chi connectivity index (χ2n) is 7.82. The average molecular weight is 412 g/mol. The molecule has 2 aromatic rings. The third-order valence-corrected chi connectivity index (χ3v) is 7.52. The minimum atomic E-state index is -0.144. The second kappa shape index (κ2) is 7.17. The summed E-state index contributed by atoms with van der Waals surface area (Å²) in [6, 6.07) is 11.8. The van der Waals surface area contributed by atoms with Crippen LogP contribution in [-0.2, 0) is 11.4 Å². The third-order valence-electron chi connectivity index (χ3n) is 6.19. The number of benzene rings is 1. The number of thiocarbonyl (C=S) groups is 1. The van der Waals surface area contributed by atoms with Crippen molar-refractivity contribution < 1.29 is 14.3 Å². The summed E-state index contributed by atoms with van der Waals surface area (Å²) in [6.45, 7) is -0.144. The van der Waals surface area contributed by atoms with Gasteiger partial charge >= 0.3 is 0 Å². The first kappa shape index (κ1) is 18.2. The van der Waals surface area contributed by atoms with Gasteiger partial charge in [0.25, 0.3) is 5.91 Å². The Morgan fingerprint density at radius 3 is 2.75 bits per heavy atom. The number of furan rings is 1. The fourth-order valence-corrected chi connectivity index (χ4v) is 6.19. The van der Waals surface area contributed by atoms with E-state index in [0.717, 1.165) is 17.9 Å². The maximum Gasteiger partial charge on any atom is 0.266 e. The van der Waals surface area contributed by atoms with Gasteiger partial charge in [-0.1, -0.05) is 60.7 Å². The summed E-state index contributed by atoms with van der Waals surface area (Å²) < 4.78 is 6.63. The Morgan fingerprint density at radius 2 is 2.07 bits per heavy atom. The van der Waals surface area contributed by atoms with Gasteiger partial charge in [0.1, 0.15) is 15.8 Å². The van der Waals surface area contributed by atoms with Crippen LogP contribution in [-0.4, -0.2) is 26.3 Å². The predicted molar refractivity (Wildman–Crippen MR) is 114 cm³/mol. The van der Waals surface area contributed by atoms with Crippen molar-refractivity contribution in [3.8, 4) is 11.3 Å². The lowest BCUT2D eigenvalue weighted by atomic mass is 9.94. The van der Waals surface area contributed by atoms with Crippen molar-refractivity contribution in [2.75, 3.05) is 0 Å². The Kier molecular flexibility index (Phi) is 4.65. The molecule has 1 aliphatic heterocycles. The molecule has 3 aliphatic rings. The van der Waals surface area contributed by atoms with Crippen LogP contribution in [0.2, 0.25) is 0 Å². The number of thioether (sulfide) groups is 1. The number of hydrogen-bond donors (Lipinski definition) is 1. The number of aliphatic hydroxyl groups is 1. The average Bonchev–Trinajstić information content (AvgIpc) is 3.47. The van der Waals surface area contributed by atoms with Gasteiger partial charge in [0, 0.05) is 23.2 Å². The van der Waals surface area contributed by atoms with Crippen molar-refractivity contribution in [1.29, 1.82) is 0 Å². The van der Waals surface area contributed by atoms with E-state index < -0.39 is 0 Å². The molecule has 2 aliphatic carbocycles. The zero-order valence-corrected chi connectivity index (χ0v) is 17.0. The molecule has 2 bridgehead atoms. The van der Waals surface area contributed by atoms with Crippen LogP contribution in [0.4, 0.5) is 0 Å². The summed E-state index contributed by atoms with van der Waals surface area (Å²) in [5.41, 5.74) is 1.61. The number of amides is 1. The summed E-state index contributed by atoms with van der Waals surface area (Å²) in [7, 11) is 0. The monoisotopic (exact) mass is 411 g/mol. The van der Waals surface area contributed by atoms with Crippen molar-refractivity contribution in [2.24, 2.45) is 11.8 Å². The molecule has 0 spiro atoms. The number of fused-ring (bicyclic) bond motifs is 2. The van der Waals surface area contributed by atoms with E-state index in [-0.39, 0.29) is 18.6 Å². The van der Waals surface area contributed by atoms with Crippen molar-refractivity contribution in [2.45, 2.75) is 38.3 Å². The number of hydrogen-bond acceptors (Lipinski definition) is 5. The molecule has 2 saturated carbocycles. The SMILES string of the molecule is O=C1/C(=C/c2oc(-c3ccccc3)cc2CO)SC(=S)N1C1CC2CCC1C2. The molecule has 1 amide bonds. The van der Waals surface area contributed by atoms with Crippen LogP contribution < -0.4 is 0 Å². The van der Waals surface area contributed by atoms with Crippen LogP contribution in [0.25, 0.3) is 17.4 Å². The molecule has 144 valence electrons. The Labute approximate surface area is 173 Å². The normalized spacial score (nSPS) is 28.1. The van der Waals surface area contributed by atoms with E-state index >= 15 is 0 Å². The van der Waals surface area contributed by atoms with Crippen LogP contribution in [0.5, 0.6) is 0 Å². The van der Waals surface area contributed by atoms with Crippen molar-refractivity contribution in [3.63, 3.8) is 0 Å². The van der Waals surface area contributed by atoms with Crippen LogP contribution in [0.3, 0.4) is 0 Å². The Morgan fingerprint density at radius 1 is 1.25 bits per heavy atom. The maximum atomic E-state index is 13.1. The first-order valence-electron chi connectivity index (χ1n) is 9.70. The van der Waals surface area contributed by atoms with E-state index in [1.54, 1.807) is 6.08 Å². The molecule has 28 heavy (non-hydrogen) atoms. The largest absolute Gasteiger partial charge is 0.456 e. The summed E-state index contributed by atoms with van der Waals surface area (Å²) in [4.78, 5) is 15.5. The van der Waals surface area contributed by atoms with Gasteiger partial charge in [-0.15, -0.1) is 0 Å². The van der Waals surface area contributed by atoms with E-state index in [0.29, 0.717) is 32.2 Å². The highest BCUT2D eigenvalue weighted by Gasteiger charge is 2.48. The lowest BCUT2D eigenvalue weighted by Gasteiger charge is -2.30. The van der Waals surface area contributed by atoms with Gasteiger partial charge in [0.2, 0.25) is 0 Å². The highest BCUT2D eigenvalue weighted by atomic mass is 32.2. The standard InChI is InChI=1S/C22H21NO3S2/c24-12-16-10-18(14-4-2-1-3-5-14)26-19(16)11-20-21(25)23(22(27)28-20)17-9-13-6-7-15(17)8-13/h1-5,10-11,13,15,17,24H,6-9,12H2/b20-11-. The van der Waals surface area contributed by atoms with E-state index in [1.807, 2.05) is 41.3 Å².